The quantitative estimate of drug-likeness (QED) is 0.486. The summed E-state index contributed by atoms with van der Waals surface area (Å²) in [6, 6.07) is 14.2. The molecule has 0 saturated carbocycles. The van der Waals surface area contributed by atoms with E-state index in [-0.39, 0.29) is 5.91 Å². The van der Waals surface area contributed by atoms with E-state index >= 15 is 0 Å². The number of likely N-dealkylation sites (tertiary alicyclic amines) is 1. The lowest BCUT2D eigenvalue weighted by atomic mass is 10.1. The number of nitrogens with zero attached hydrogens (tertiary/aromatic N) is 2. The molecule has 1 aliphatic rings. The van der Waals surface area contributed by atoms with Gasteiger partial charge in [0.1, 0.15) is 5.75 Å². The van der Waals surface area contributed by atoms with Gasteiger partial charge in [-0.1, -0.05) is 24.3 Å². The molecule has 0 spiro atoms. The van der Waals surface area contributed by atoms with Crippen molar-refractivity contribution in [1.82, 2.24) is 15.5 Å². The van der Waals surface area contributed by atoms with Gasteiger partial charge in [-0.05, 0) is 74.4 Å². The molecule has 3 rings (SSSR count). The van der Waals surface area contributed by atoms with Gasteiger partial charge in [-0.15, -0.1) is 0 Å². The fraction of sp³-hybridized carbons (Fsp3) is 0.462. The first-order valence-electron chi connectivity index (χ1n) is 11.6. The summed E-state index contributed by atoms with van der Waals surface area (Å²) in [4.78, 5) is 19.5. The number of ether oxygens (including phenoxy) is 1. The fourth-order valence-corrected chi connectivity index (χ4v) is 3.94. The molecule has 0 unspecified atom stereocenters. The van der Waals surface area contributed by atoms with Gasteiger partial charge >= 0.3 is 0 Å². The Morgan fingerprint density at radius 3 is 2.62 bits per heavy atom. The number of carbonyl (C=O) groups is 1. The Kier molecular flexibility index (Phi) is 8.96. The second kappa shape index (κ2) is 12.1. The van der Waals surface area contributed by atoms with E-state index in [9.17, 15) is 4.79 Å². The summed E-state index contributed by atoms with van der Waals surface area (Å²) in [6.45, 7) is 7.91. The zero-order valence-electron chi connectivity index (χ0n) is 19.6. The summed E-state index contributed by atoms with van der Waals surface area (Å²) >= 11 is 0. The molecule has 0 atom stereocenters. The molecule has 6 nitrogen and oxygen atoms in total. The molecule has 2 N–H and O–H groups in total. The summed E-state index contributed by atoms with van der Waals surface area (Å²) in [5.41, 5.74) is 4.15. The number of aryl methyl sites for hydroxylation is 1. The molecule has 6 heteroatoms. The highest BCUT2D eigenvalue weighted by Crippen LogP contribution is 2.19. The molecular formula is C26H36N4O2. The number of aliphatic imine (C=N–C) groups is 1. The van der Waals surface area contributed by atoms with Gasteiger partial charge in [-0.25, -0.2) is 4.99 Å². The number of rotatable bonds is 8. The van der Waals surface area contributed by atoms with Gasteiger partial charge in [0.25, 0.3) is 5.91 Å². The highest BCUT2D eigenvalue weighted by atomic mass is 16.5. The average molecular weight is 437 g/mol. The minimum Gasteiger partial charge on any atom is -0.496 e. The maximum absolute atomic E-state index is 12.8. The average Bonchev–Trinajstić information content (AvgIpc) is 2.83. The monoisotopic (exact) mass is 436 g/mol. The summed E-state index contributed by atoms with van der Waals surface area (Å²) in [5.74, 6) is 1.83. The lowest BCUT2D eigenvalue weighted by Crippen LogP contribution is -2.38. The molecule has 1 aliphatic heterocycles. The molecule has 1 heterocycles. The van der Waals surface area contributed by atoms with Crippen LogP contribution in [0.5, 0.6) is 5.75 Å². The van der Waals surface area contributed by atoms with Crippen molar-refractivity contribution in [2.75, 3.05) is 33.3 Å². The number of amides is 1. The number of nitrogens with one attached hydrogen (secondary N) is 2. The van der Waals surface area contributed by atoms with Crippen LogP contribution in [0.4, 0.5) is 0 Å². The largest absolute Gasteiger partial charge is 0.496 e. The molecule has 0 aromatic heterocycles. The molecule has 2 aromatic rings. The van der Waals surface area contributed by atoms with E-state index in [1.807, 2.05) is 36.1 Å². The van der Waals surface area contributed by atoms with Crippen molar-refractivity contribution in [2.45, 2.75) is 46.1 Å². The Balaban J connectivity index is 1.58. The SMILES string of the molecule is CCNC(=NCc1cccc(C(=O)N2CCCCC2)c1)NCCc1ccc(C)c(OC)c1. The van der Waals surface area contributed by atoms with Crippen LogP contribution in [-0.2, 0) is 13.0 Å². The van der Waals surface area contributed by atoms with Crippen molar-refractivity contribution in [2.24, 2.45) is 4.99 Å². The van der Waals surface area contributed by atoms with Crippen LogP contribution in [0.2, 0.25) is 0 Å². The summed E-state index contributed by atoms with van der Waals surface area (Å²) < 4.78 is 5.42. The van der Waals surface area contributed by atoms with Crippen molar-refractivity contribution >= 4 is 11.9 Å². The molecule has 0 radical (unpaired) electrons. The molecule has 1 amide bonds. The first-order valence-corrected chi connectivity index (χ1v) is 11.6. The lowest BCUT2D eigenvalue weighted by Gasteiger charge is -2.26. The predicted molar refractivity (Wildman–Crippen MR) is 130 cm³/mol. The Morgan fingerprint density at radius 2 is 1.88 bits per heavy atom. The molecule has 172 valence electrons. The normalized spacial score (nSPS) is 14.2. The van der Waals surface area contributed by atoms with Gasteiger partial charge in [0.05, 0.1) is 13.7 Å². The van der Waals surface area contributed by atoms with Crippen LogP contribution in [0.1, 0.15) is 53.2 Å². The zero-order chi connectivity index (χ0) is 22.8. The van der Waals surface area contributed by atoms with Crippen LogP contribution < -0.4 is 15.4 Å². The number of methoxy groups -OCH3 is 1. The number of carbonyl (C=O) groups excluding carboxylic acids is 1. The van der Waals surface area contributed by atoms with Gasteiger partial charge in [-0.3, -0.25) is 4.79 Å². The van der Waals surface area contributed by atoms with E-state index in [0.717, 1.165) is 73.8 Å². The van der Waals surface area contributed by atoms with Gasteiger partial charge in [0, 0.05) is 31.7 Å². The second-order valence-electron chi connectivity index (χ2n) is 8.23. The summed E-state index contributed by atoms with van der Waals surface area (Å²) in [6.07, 6.45) is 4.29. The second-order valence-corrected chi connectivity index (χ2v) is 8.23. The first kappa shape index (κ1) is 23.6. The van der Waals surface area contributed by atoms with Gasteiger partial charge < -0.3 is 20.3 Å². The van der Waals surface area contributed by atoms with Gasteiger partial charge in [0.15, 0.2) is 5.96 Å². The van der Waals surface area contributed by atoms with E-state index in [1.54, 1.807) is 7.11 Å². The highest BCUT2D eigenvalue weighted by molar-refractivity contribution is 5.94. The smallest absolute Gasteiger partial charge is 0.253 e. The Morgan fingerprint density at radius 1 is 1.06 bits per heavy atom. The standard InChI is InChI=1S/C26H36N4O2/c1-4-27-26(28-14-13-21-12-11-20(2)24(18-21)32-3)29-19-22-9-8-10-23(17-22)25(31)30-15-6-5-7-16-30/h8-12,17-18H,4-7,13-16,19H2,1-3H3,(H2,27,28,29). The first-order chi connectivity index (χ1) is 15.6. The third-order valence-electron chi connectivity index (χ3n) is 5.76. The molecule has 0 bridgehead atoms. The van der Waals surface area contributed by atoms with E-state index in [2.05, 4.69) is 35.8 Å². The Hall–Kier alpha value is -3.02. The predicted octanol–water partition coefficient (Wildman–Crippen LogP) is 3.93. The Labute approximate surface area is 192 Å². The van der Waals surface area contributed by atoms with Crippen LogP contribution in [0.15, 0.2) is 47.5 Å². The topological polar surface area (TPSA) is 66.0 Å². The molecular weight excluding hydrogens is 400 g/mol. The third kappa shape index (κ3) is 6.74. The van der Waals surface area contributed by atoms with Crippen LogP contribution in [0.25, 0.3) is 0 Å². The number of guanidine groups is 1. The van der Waals surface area contributed by atoms with E-state index < -0.39 is 0 Å². The van der Waals surface area contributed by atoms with E-state index in [1.165, 1.54) is 12.0 Å². The van der Waals surface area contributed by atoms with Crippen LogP contribution in [0, 0.1) is 6.92 Å². The summed E-state index contributed by atoms with van der Waals surface area (Å²) in [5, 5.41) is 6.70. The number of piperidine rings is 1. The molecule has 0 aliphatic carbocycles. The zero-order valence-corrected chi connectivity index (χ0v) is 19.6. The number of hydrogen-bond donors (Lipinski definition) is 2. The van der Waals surface area contributed by atoms with Crippen molar-refractivity contribution in [3.8, 4) is 5.75 Å². The maximum Gasteiger partial charge on any atom is 0.253 e. The van der Waals surface area contributed by atoms with Crippen LogP contribution in [0.3, 0.4) is 0 Å². The summed E-state index contributed by atoms with van der Waals surface area (Å²) in [7, 11) is 1.70. The third-order valence-corrected chi connectivity index (χ3v) is 5.76. The van der Waals surface area contributed by atoms with Crippen molar-refractivity contribution in [1.29, 1.82) is 0 Å². The van der Waals surface area contributed by atoms with E-state index in [4.69, 9.17) is 9.73 Å². The minimum absolute atomic E-state index is 0.133. The van der Waals surface area contributed by atoms with Gasteiger partial charge in [-0.2, -0.15) is 0 Å². The van der Waals surface area contributed by atoms with Crippen molar-refractivity contribution in [3.63, 3.8) is 0 Å². The van der Waals surface area contributed by atoms with E-state index in [0.29, 0.717) is 6.54 Å². The fourth-order valence-electron chi connectivity index (χ4n) is 3.94. The van der Waals surface area contributed by atoms with Gasteiger partial charge in [0.2, 0.25) is 0 Å². The molecule has 1 saturated heterocycles. The van der Waals surface area contributed by atoms with Crippen LogP contribution in [-0.4, -0.2) is 50.1 Å². The minimum atomic E-state index is 0.133. The number of hydrogen-bond acceptors (Lipinski definition) is 3. The molecule has 2 aromatic carbocycles. The molecule has 32 heavy (non-hydrogen) atoms. The number of benzene rings is 2. The van der Waals surface area contributed by atoms with Crippen molar-refractivity contribution < 1.29 is 9.53 Å². The highest BCUT2D eigenvalue weighted by Gasteiger charge is 2.18. The van der Waals surface area contributed by atoms with Crippen molar-refractivity contribution in [3.05, 3.63) is 64.7 Å². The maximum atomic E-state index is 12.8. The molecule has 1 fully saturated rings. The van der Waals surface area contributed by atoms with Crippen LogP contribution >= 0.6 is 0 Å². The Bertz CT molecular complexity index is 920. The lowest BCUT2D eigenvalue weighted by molar-refractivity contribution is 0.0724.